The van der Waals surface area contributed by atoms with Crippen LogP contribution in [0.1, 0.15) is 26.5 Å². The van der Waals surface area contributed by atoms with Gasteiger partial charge in [-0.1, -0.05) is 54.6 Å². The first-order valence-corrected chi connectivity index (χ1v) is 11.8. The lowest BCUT2D eigenvalue weighted by molar-refractivity contribution is 0.0990. The zero-order chi connectivity index (χ0) is 25.1. The molecule has 7 rings (SSSR count). The number of hydrogen-bond donors (Lipinski definition) is 0. The van der Waals surface area contributed by atoms with Crippen molar-refractivity contribution in [1.82, 2.24) is 24.1 Å². The third-order valence-electron chi connectivity index (χ3n) is 6.88. The minimum absolute atomic E-state index is 0.0991. The van der Waals surface area contributed by atoms with E-state index >= 15 is 0 Å². The molecule has 0 N–H and O–H groups in total. The van der Waals surface area contributed by atoms with Crippen molar-refractivity contribution in [2.75, 3.05) is 0 Å². The van der Waals surface area contributed by atoms with Crippen molar-refractivity contribution in [3.05, 3.63) is 114 Å². The molecule has 0 radical (unpaired) electrons. The van der Waals surface area contributed by atoms with Gasteiger partial charge in [-0.3, -0.25) is 14.2 Å². The van der Waals surface area contributed by atoms with Gasteiger partial charge >= 0.3 is 0 Å². The fourth-order valence-corrected chi connectivity index (χ4v) is 5.09. The van der Waals surface area contributed by atoms with E-state index in [-0.39, 0.29) is 17.1 Å². The Balaban J connectivity index is 1.43. The molecule has 0 amide bonds. The zero-order valence-corrected chi connectivity index (χ0v) is 19.8. The Morgan fingerprint density at radius 1 is 0.784 bits per heavy atom. The van der Waals surface area contributed by atoms with Gasteiger partial charge in [-0.25, -0.2) is 15.0 Å². The van der Waals surface area contributed by atoms with Crippen molar-refractivity contribution < 1.29 is 9.59 Å². The molecule has 3 aromatic carbocycles. The number of carbonyl (C=O) groups excluding carboxylic acids is 2. The third-order valence-corrected chi connectivity index (χ3v) is 6.88. The maximum absolute atomic E-state index is 13.4. The van der Waals surface area contributed by atoms with Crippen molar-refractivity contribution in [3.63, 3.8) is 0 Å². The number of fused-ring (bicyclic) bond motifs is 3. The number of allylic oxidation sites excluding steroid dienone is 1. The molecule has 3 aromatic heterocycles. The standard InChI is InChI=1S/C30H19N5O2/c1-34-25(18-7-3-2-4-8-18)14-26-30(34)33-27(35(26)21-15-31-17-32-16-21)13-24-28(36)22-11-19-9-5-6-10-20(19)12-23(22)29(24)37/h2-17H,1H3. The van der Waals surface area contributed by atoms with Gasteiger partial charge in [-0.15, -0.1) is 0 Å². The smallest absolute Gasteiger partial charge is 0.197 e. The highest BCUT2D eigenvalue weighted by Crippen LogP contribution is 2.34. The molecular weight excluding hydrogens is 462 g/mol. The van der Waals surface area contributed by atoms with E-state index in [1.165, 1.54) is 6.33 Å². The minimum Gasteiger partial charge on any atom is -0.327 e. The van der Waals surface area contributed by atoms with Crippen molar-refractivity contribution in [1.29, 1.82) is 0 Å². The lowest BCUT2D eigenvalue weighted by Crippen LogP contribution is -2.04. The van der Waals surface area contributed by atoms with Gasteiger partial charge in [0.15, 0.2) is 17.2 Å². The van der Waals surface area contributed by atoms with E-state index in [2.05, 4.69) is 9.97 Å². The molecule has 0 unspecified atom stereocenters. The largest absolute Gasteiger partial charge is 0.327 e. The van der Waals surface area contributed by atoms with Gasteiger partial charge in [0.1, 0.15) is 12.2 Å². The third kappa shape index (κ3) is 3.18. The number of Topliss-reactive ketones (excluding diaryl/α,β-unsaturated/α-hetero) is 2. The highest BCUT2D eigenvalue weighted by Gasteiger charge is 2.34. The Morgan fingerprint density at radius 2 is 1.41 bits per heavy atom. The highest BCUT2D eigenvalue weighted by molar-refractivity contribution is 6.42. The first-order chi connectivity index (χ1) is 18.1. The normalized spacial score (nSPS) is 13.1. The fraction of sp³-hybridized carbons (Fsp3) is 0.0333. The summed E-state index contributed by atoms with van der Waals surface area (Å²) in [6, 6.07) is 23.4. The lowest BCUT2D eigenvalue weighted by Gasteiger charge is -2.06. The summed E-state index contributed by atoms with van der Waals surface area (Å²) in [4.78, 5) is 40.0. The predicted molar refractivity (Wildman–Crippen MR) is 142 cm³/mol. The molecule has 3 heterocycles. The van der Waals surface area contributed by atoms with Crippen LogP contribution in [0, 0.1) is 0 Å². The first kappa shape index (κ1) is 21.1. The molecule has 0 spiro atoms. The number of aryl methyl sites for hydroxylation is 1. The number of aromatic nitrogens is 5. The second-order valence-corrected chi connectivity index (χ2v) is 9.03. The molecule has 37 heavy (non-hydrogen) atoms. The lowest BCUT2D eigenvalue weighted by atomic mass is 10.0. The summed E-state index contributed by atoms with van der Waals surface area (Å²) in [5, 5.41) is 1.84. The maximum Gasteiger partial charge on any atom is 0.197 e. The molecule has 176 valence electrons. The summed E-state index contributed by atoms with van der Waals surface area (Å²) in [5.74, 6) is -0.124. The van der Waals surface area contributed by atoms with E-state index in [1.807, 2.05) is 76.8 Å². The number of ketones is 2. The number of imidazole rings is 1. The van der Waals surface area contributed by atoms with Crippen LogP contribution in [-0.2, 0) is 7.05 Å². The van der Waals surface area contributed by atoms with Crippen LogP contribution in [0.2, 0.25) is 0 Å². The van der Waals surface area contributed by atoms with E-state index in [9.17, 15) is 9.59 Å². The second-order valence-electron chi connectivity index (χ2n) is 9.03. The van der Waals surface area contributed by atoms with Crippen LogP contribution in [0.5, 0.6) is 0 Å². The first-order valence-electron chi connectivity index (χ1n) is 11.8. The molecule has 0 bridgehead atoms. The number of benzene rings is 3. The summed E-state index contributed by atoms with van der Waals surface area (Å²) in [6.07, 6.45) is 6.42. The molecule has 0 fully saturated rings. The van der Waals surface area contributed by atoms with Gasteiger partial charge in [0.2, 0.25) is 0 Å². The van der Waals surface area contributed by atoms with Gasteiger partial charge in [0.05, 0.1) is 34.9 Å². The number of nitrogens with zero attached hydrogens (tertiary/aromatic N) is 5. The van der Waals surface area contributed by atoms with Crippen molar-refractivity contribution in [3.8, 4) is 16.9 Å². The average molecular weight is 482 g/mol. The molecule has 0 atom stereocenters. The van der Waals surface area contributed by atoms with Crippen molar-refractivity contribution in [2.24, 2.45) is 7.05 Å². The Bertz CT molecular complexity index is 1860. The van der Waals surface area contributed by atoms with Crippen LogP contribution in [0.25, 0.3) is 45.0 Å². The number of hydrogen-bond acceptors (Lipinski definition) is 5. The second kappa shape index (κ2) is 7.93. The molecule has 6 aromatic rings. The van der Waals surface area contributed by atoms with Crippen molar-refractivity contribution >= 4 is 39.6 Å². The summed E-state index contributed by atoms with van der Waals surface area (Å²) in [6.45, 7) is 0. The van der Waals surface area contributed by atoms with E-state index < -0.39 is 0 Å². The Morgan fingerprint density at radius 3 is 2.05 bits per heavy atom. The van der Waals surface area contributed by atoms with E-state index in [4.69, 9.17) is 4.98 Å². The molecular formula is C30H19N5O2. The monoisotopic (exact) mass is 481 g/mol. The summed E-state index contributed by atoms with van der Waals surface area (Å²) in [7, 11) is 1.95. The number of rotatable bonds is 3. The van der Waals surface area contributed by atoms with Crippen LogP contribution in [0.3, 0.4) is 0 Å². The molecule has 0 saturated carbocycles. The summed E-state index contributed by atoms with van der Waals surface area (Å²) in [5.41, 5.74) is 5.22. The zero-order valence-electron chi connectivity index (χ0n) is 19.8. The fourth-order valence-electron chi connectivity index (χ4n) is 5.09. The SMILES string of the molecule is Cn1c(-c2ccccc2)cc2c1nc(C=C1C(=O)c3cc4ccccc4cc3C1=O)n2-c1cncnc1. The van der Waals surface area contributed by atoms with Crippen LogP contribution in [0.4, 0.5) is 0 Å². The summed E-state index contributed by atoms with van der Waals surface area (Å²) >= 11 is 0. The van der Waals surface area contributed by atoms with E-state index in [0.29, 0.717) is 22.6 Å². The molecule has 7 heteroatoms. The van der Waals surface area contributed by atoms with Crippen LogP contribution < -0.4 is 0 Å². The Hall–Kier alpha value is -5.17. The molecule has 0 aliphatic heterocycles. The van der Waals surface area contributed by atoms with Gasteiger partial charge < -0.3 is 4.57 Å². The number of carbonyl (C=O) groups is 2. The van der Waals surface area contributed by atoms with Gasteiger partial charge in [-0.05, 0) is 40.6 Å². The van der Waals surface area contributed by atoms with Crippen molar-refractivity contribution in [2.45, 2.75) is 0 Å². The maximum atomic E-state index is 13.4. The quantitative estimate of drug-likeness (QED) is 0.248. The predicted octanol–water partition coefficient (Wildman–Crippen LogP) is 5.44. The topological polar surface area (TPSA) is 82.7 Å². The minimum atomic E-state index is -0.293. The van der Waals surface area contributed by atoms with Crippen LogP contribution >= 0.6 is 0 Å². The van der Waals surface area contributed by atoms with E-state index in [1.54, 1.807) is 30.6 Å². The van der Waals surface area contributed by atoms with Crippen LogP contribution in [-0.4, -0.2) is 35.7 Å². The molecule has 1 aliphatic rings. The molecule has 7 nitrogen and oxygen atoms in total. The molecule has 0 saturated heterocycles. The van der Waals surface area contributed by atoms with E-state index in [0.717, 1.165) is 33.2 Å². The highest BCUT2D eigenvalue weighted by atomic mass is 16.2. The average Bonchev–Trinajstić information content (AvgIpc) is 3.53. The Labute approximate surface area is 211 Å². The summed E-state index contributed by atoms with van der Waals surface area (Å²) < 4.78 is 3.89. The van der Waals surface area contributed by atoms with Gasteiger partial charge in [-0.2, -0.15) is 0 Å². The van der Waals surface area contributed by atoms with Gasteiger partial charge in [0.25, 0.3) is 0 Å². The van der Waals surface area contributed by atoms with Crippen LogP contribution in [0.15, 0.2) is 97.1 Å². The molecule has 1 aliphatic carbocycles. The Kier molecular flexibility index (Phi) is 4.53. The van der Waals surface area contributed by atoms with Gasteiger partial charge in [0, 0.05) is 18.2 Å².